The van der Waals surface area contributed by atoms with Crippen LogP contribution < -0.4 is 0 Å². The molecule has 3 heteroatoms. The Kier molecular flexibility index (Phi) is 9.23. The van der Waals surface area contributed by atoms with E-state index in [1.807, 2.05) is 24.3 Å². The molecule has 0 aromatic heterocycles. The molecule has 98 valence electrons. The topological polar surface area (TPSA) is 40.5 Å². The van der Waals surface area contributed by atoms with Gasteiger partial charge in [0.25, 0.3) is 0 Å². The highest BCUT2D eigenvalue weighted by atomic mass is 32.2. The first-order valence-electron chi connectivity index (χ1n) is 6.03. The molecular weight excluding hydrogens is 232 g/mol. The zero-order chi connectivity index (χ0) is 13.3. The minimum absolute atomic E-state index is 0.331. The number of aliphatic hydroxyl groups is 1. The molecule has 1 aromatic carbocycles. The highest BCUT2D eigenvalue weighted by Gasteiger charge is 1.97. The second-order valence-electron chi connectivity index (χ2n) is 4.72. The van der Waals surface area contributed by atoms with Crippen LogP contribution in [0.2, 0.25) is 0 Å². The van der Waals surface area contributed by atoms with Gasteiger partial charge in [-0.05, 0) is 36.0 Å². The average Bonchev–Trinajstić information content (AvgIpc) is 2.29. The highest BCUT2D eigenvalue weighted by molar-refractivity contribution is 7.93. The molecule has 0 aliphatic rings. The lowest BCUT2D eigenvalue weighted by molar-refractivity contribution is 0.268. The molecule has 0 unspecified atom stereocenters. The van der Waals surface area contributed by atoms with E-state index < -0.39 is 0 Å². The summed E-state index contributed by atoms with van der Waals surface area (Å²) in [7, 11) is 0. The zero-order valence-electron chi connectivity index (χ0n) is 11.2. The van der Waals surface area contributed by atoms with Gasteiger partial charge in [0, 0.05) is 23.5 Å². The summed E-state index contributed by atoms with van der Waals surface area (Å²) in [6.45, 7) is 8.83. The van der Waals surface area contributed by atoms with E-state index in [1.165, 1.54) is 5.56 Å². The number of hydrogen-bond acceptors (Lipinski definition) is 3. The van der Waals surface area contributed by atoms with Crippen LogP contribution in [0.15, 0.2) is 29.2 Å². The first-order valence-corrected chi connectivity index (χ1v) is 6.80. The third-order valence-corrected chi connectivity index (χ3v) is 2.84. The minimum atomic E-state index is 0.331. The zero-order valence-corrected chi connectivity index (χ0v) is 12.0. The number of benzene rings is 1. The van der Waals surface area contributed by atoms with Crippen molar-refractivity contribution in [3.8, 4) is 0 Å². The van der Waals surface area contributed by atoms with Gasteiger partial charge < -0.3 is 9.66 Å². The molecule has 2 nitrogen and oxygen atoms in total. The summed E-state index contributed by atoms with van der Waals surface area (Å²) in [5.74, 6) is 1.21. The van der Waals surface area contributed by atoms with Gasteiger partial charge in [0.05, 0.1) is 0 Å². The molecule has 0 bridgehead atoms. The van der Waals surface area contributed by atoms with Crippen LogP contribution in [0, 0.1) is 5.92 Å². The Hall–Kier alpha value is -0.510. The van der Waals surface area contributed by atoms with E-state index in [0.717, 1.165) is 23.4 Å². The van der Waals surface area contributed by atoms with Crippen molar-refractivity contribution < 1.29 is 9.66 Å². The second-order valence-corrected chi connectivity index (χ2v) is 5.38. The molecular formula is C14H24O2S. The molecule has 2 N–H and O–H groups in total. The molecule has 0 radical (unpaired) electrons. The van der Waals surface area contributed by atoms with E-state index >= 15 is 0 Å². The van der Waals surface area contributed by atoms with Gasteiger partial charge in [0.2, 0.25) is 0 Å². The van der Waals surface area contributed by atoms with Crippen LogP contribution in [0.4, 0.5) is 0 Å². The quantitative estimate of drug-likeness (QED) is 0.784. The Labute approximate surface area is 109 Å². The maximum absolute atomic E-state index is 8.68. The van der Waals surface area contributed by atoms with Crippen LogP contribution in [0.5, 0.6) is 0 Å². The van der Waals surface area contributed by atoms with Crippen molar-refractivity contribution in [1.82, 2.24) is 0 Å². The summed E-state index contributed by atoms with van der Waals surface area (Å²) in [5.41, 5.74) is 1.31. The molecule has 1 rings (SSSR count). The Morgan fingerprint density at radius 1 is 1.06 bits per heavy atom. The monoisotopic (exact) mass is 256 g/mol. The number of aliphatic hydroxyl groups excluding tert-OH is 1. The maximum atomic E-state index is 8.68. The summed E-state index contributed by atoms with van der Waals surface area (Å²) in [6.07, 6.45) is 0.931. The fourth-order valence-electron chi connectivity index (χ4n) is 1.17. The van der Waals surface area contributed by atoms with E-state index in [-0.39, 0.29) is 0 Å². The van der Waals surface area contributed by atoms with Crippen molar-refractivity contribution in [3.63, 3.8) is 0 Å². The van der Waals surface area contributed by atoms with E-state index in [4.69, 9.17) is 9.66 Å². The van der Waals surface area contributed by atoms with Crippen LogP contribution in [0.3, 0.4) is 0 Å². The van der Waals surface area contributed by atoms with Crippen LogP contribution in [0.1, 0.15) is 45.6 Å². The first-order chi connectivity index (χ1) is 8.01. The predicted molar refractivity (Wildman–Crippen MR) is 75.6 cm³/mol. The van der Waals surface area contributed by atoms with E-state index in [2.05, 4.69) is 27.7 Å². The Bertz CT molecular complexity index is 281. The minimum Gasteiger partial charge on any atom is -0.396 e. The Balaban J connectivity index is 0.000000366. The molecule has 0 amide bonds. The molecule has 0 fully saturated rings. The largest absolute Gasteiger partial charge is 0.396 e. The molecule has 0 heterocycles. The molecule has 0 aliphatic carbocycles. The van der Waals surface area contributed by atoms with Gasteiger partial charge in [0.15, 0.2) is 0 Å². The highest BCUT2D eigenvalue weighted by Crippen LogP contribution is 2.19. The molecule has 0 atom stereocenters. The van der Waals surface area contributed by atoms with Gasteiger partial charge in [0.1, 0.15) is 0 Å². The standard InChI is InChI=1S/C9H12OS.C5H12O/c1-7(2)8-3-5-9(11-10)6-4-8;1-5(2)3-4-6/h3-7,10H,1-2H3;5-6H,3-4H2,1-2H3. The maximum Gasteiger partial charge on any atom is 0.0433 e. The van der Waals surface area contributed by atoms with Crippen molar-refractivity contribution in [1.29, 1.82) is 0 Å². The van der Waals surface area contributed by atoms with E-state index in [0.29, 0.717) is 18.4 Å². The first kappa shape index (κ1) is 16.5. The van der Waals surface area contributed by atoms with Crippen LogP contribution in [0.25, 0.3) is 0 Å². The smallest absolute Gasteiger partial charge is 0.0433 e. The Morgan fingerprint density at radius 2 is 1.59 bits per heavy atom. The van der Waals surface area contributed by atoms with Gasteiger partial charge in [-0.25, -0.2) is 0 Å². The SMILES string of the molecule is CC(C)CCO.CC(C)c1ccc(SO)cc1. The third-order valence-electron chi connectivity index (χ3n) is 2.36. The molecule has 0 aliphatic heterocycles. The lowest BCUT2D eigenvalue weighted by Crippen LogP contribution is -1.89. The number of rotatable bonds is 4. The normalized spacial score (nSPS) is 10.4. The molecule has 1 aromatic rings. The van der Waals surface area contributed by atoms with Gasteiger partial charge in [-0.2, -0.15) is 0 Å². The molecule has 0 saturated heterocycles. The van der Waals surface area contributed by atoms with E-state index in [9.17, 15) is 0 Å². The van der Waals surface area contributed by atoms with Crippen molar-refractivity contribution in [2.75, 3.05) is 6.61 Å². The van der Waals surface area contributed by atoms with Gasteiger partial charge in [-0.1, -0.05) is 39.8 Å². The van der Waals surface area contributed by atoms with Gasteiger partial charge in [-0.15, -0.1) is 0 Å². The predicted octanol–water partition coefficient (Wildman–Crippen LogP) is 4.40. The van der Waals surface area contributed by atoms with Crippen molar-refractivity contribution in [2.24, 2.45) is 5.92 Å². The van der Waals surface area contributed by atoms with Crippen LogP contribution in [-0.2, 0) is 0 Å². The van der Waals surface area contributed by atoms with Crippen molar-refractivity contribution in [2.45, 2.75) is 44.9 Å². The number of hydrogen-bond donors (Lipinski definition) is 2. The molecule has 17 heavy (non-hydrogen) atoms. The van der Waals surface area contributed by atoms with Gasteiger partial charge >= 0.3 is 0 Å². The van der Waals surface area contributed by atoms with Gasteiger partial charge in [-0.3, -0.25) is 0 Å². The molecule has 0 spiro atoms. The second kappa shape index (κ2) is 9.51. The fourth-order valence-corrected chi connectivity index (χ4v) is 1.43. The summed E-state index contributed by atoms with van der Waals surface area (Å²) in [5, 5.41) is 8.24. The molecule has 0 saturated carbocycles. The van der Waals surface area contributed by atoms with Crippen molar-refractivity contribution in [3.05, 3.63) is 29.8 Å². The van der Waals surface area contributed by atoms with Crippen LogP contribution in [-0.4, -0.2) is 16.3 Å². The summed E-state index contributed by atoms with van der Waals surface area (Å²) in [4.78, 5) is 0.898. The summed E-state index contributed by atoms with van der Waals surface area (Å²) in [6, 6.07) is 7.95. The fraction of sp³-hybridized carbons (Fsp3) is 0.571. The van der Waals surface area contributed by atoms with Crippen molar-refractivity contribution >= 4 is 12.0 Å². The lowest BCUT2D eigenvalue weighted by atomic mass is 10.0. The summed E-state index contributed by atoms with van der Waals surface area (Å²) < 4.78 is 8.68. The third kappa shape index (κ3) is 8.25. The average molecular weight is 256 g/mol. The lowest BCUT2D eigenvalue weighted by Gasteiger charge is -2.04. The Morgan fingerprint density at radius 3 is 1.82 bits per heavy atom. The van der Waals surface area contributed by atoms with Crippen LogP contribution >= 0.6 is 12.0 Å². The van der Waals surface area contributed by atoms with E-state index in [1.54, 1.807) is 0 Å². The summed E-state index contributed by atoms with van der Waals surface area (Å²) >= 11 is 0.789.